The minimum atomic E-state index is -0.663. The van der Waals surface area contributed by atoms with Crippen molar-refractivity contribution in [2.24, 2.45) is 0 Å². The van der Waals surface area contributed by atoms with Crippen molar-refractivity contribution in [2.45, 2.75) is 450 Å². The van der Waals surface area contributed by atoms with Crippen molar-refractivity contribution in [3.8, 4) is 0 Å². The maximum atomic E-state index is 12.6. The summed E-state index contributed by atoms with van der Waals surface area (Å²) in [5, 5.41) is 23.5. The summed E-state index contributed by atoms with van der Waals surface area (Å²) in [6, 6.07) is -0.540. The molecule has 2 unspecified atom stereocenters. The van der Waals surface area contributed by atoms with Gasteiger partial charge in [0.25, 0.3) is 0 Å². The second kappa shape index (κ2) is 72.1. The van der Waals surface area contributed by atoms with E-state index in [-0.39, 0.29) is 18.5 Å². The predicted octanol–water partition coefficient (Wildman–Crippen LogP) is 24.7. The number of esters is 1. The first kappa shape index (κ1) is 80.6. The van der Waals surface area contributed by atoms with Gasteiger partial charge in [0.2, 0.25) is 5.91 Å². The Hall–Kier alpha value is -1.40. The van der Waals surface area contributed by atoms with Gasteiger partial charge in [-0.15, -0.1) is 0 Å². The zero-order valence-corrected chi connectivity index (χ0v) is 56.0. The molecule has 2 atom stereocenters. The Labute approximate surface area is 514 Å². The van der Waals surface area contributed by atoms with Crippen molar-refractivity contribution in [3.63, 3.8) is 0 Å². The molecule has 0 aromatic carbocycles. The number of nitrogens with one attached hydrogen (secondary N) is 1. The van der Waals surface area contributed by atoms with Crippen LogP contribution in [0.5, 0.6) is 0 Å². The predicted molar refractivity (Wildman–Crippen MR) is 361 cm³/mol. The third-order valence-corrected chi connectivity index (χ3v) is 18.1. The van der Waals surface area contributed by atoms with Crippen LogP contribution in [0, 0.1) is 0 Å². The number of aliphatic hydroxyl groups excluding tert-OH is 2. The Morgan fingerprint density at radius 2 is 0.573 bits per heavy atom. The summed E-state index contributed by atoms with van der Waals surface area (Å²) >= 11 is 0. The maximum absolute atomic E-state index is 12.6. The summed E-state index contributed by atoms with van der Waals surface area (Å²) in [6.45, 7) is 5.00. The topological polar surface area (TPSA) is 95.9 Å². The highest BCUT2D eigenvalue weighted by atomic mass is 16.5. The molecule has 1 amide bonds. The van der Waals surface area contributed by atoms with E-state index < -0.39 is 12.1 Å². The van der Waals surface area contributed by atoms with Crippen LogP contribution in [0.15, 0.2) is 12.2 Å². The molecular formula is C76H149NO5. The number of hydrogen-bond donors (Lipinski definition) is 3. The number of hydrogen-bond acceptors (Lipinski definition) is 5. The van der Waals surface area contributed by atoms with Crippen molar-refractivity contribution in [2.75, 3.05) is 13.2 Å². The Morgan fingerprint density at radius 3 is 0.866 bits per heavy atom. The van der Waals surface area contributed by atoms with Crippen molar-refractivity contribution < 1.29 is 24.5 Å². The molecule has 488 valence electrons. The zero-order valence-electron chi connectivity index (χ0n) is 56.0. The standard InChI is InChI=1S/C76H149NO5/c1-3-5-7-9-11-13-15-17-18-19-20-21-33-36-39-42-45-48-52-56-60-64-68-74(79)73(72-78)77-75(80)69-65-61-57-53-49-46-43-40-37-34-31-29-27-25-23-22-24-26-28-30-32-35-38-41-44-47-51-55-59-63-67-71-82-76(81)70-66-62-58-54-50-16-14-12-10-8-6-4-2/h24,26,73-74,78-79H,3-23,25,27-72H2,1-2H3,(H,77,80)/b26-24-. The SMILES string of the molecule is CCCCCCCCCCCCCCCCCCCCCCCCC(O)C(CO)NC(=O)CCCCCCCCCCCCCCCCC/C=C\CCCCCCCCCCCCCCOC(=O)CCCCCCCCCCCCCC. The first-order valence-electron chi connectivity index (χ1n) is 37.9. The van der Waals surface area contributed by atoms with Crippen LogP contribution in [0.25, 0.3) is 0 Å². The second-order valence-corrected chi connectivity index (χ2v) is 26.3. The van der Waals surface area contributed by atoms with Gasteiger partial charge in [-0.1, -0.05) is 386 Å². The van der Waals surface area contributed by atoms with Crippen LogP contribution in [0.2, 0.25) is 0 Å². The van der Waals surface area contributed by atoms with Gasteiger partial charge in [0, 0.05) is 12.8 Å². The number of carbonyl (C=O) groups is 2. The van der Waals surface area contributed by atoms with Crippen LogP contribution in [0.3, 0.4) is 0 Å². The van der Waals surface area contributed by atoms with Crippen LogP contribution in [0.4, 0.5) is 0 Å². The van der Waals surface area contributed by atoms with Gasteiger partial charge in [-0.05, 0) is 51.4 Å². The lowest BCUT2D eigenvalue weighted by molar-refractivity contribution is -0.143. The molecule has 0 aliphatic rings. The summed E-state index contributed by atoms with van der Waals surface area (Å²) in [6.07, 6.45) is 90.0. The van der Waals surface area contributed by atoms with E-state index >= 15 is 0 Å². The molecule has 0 rings (SSSR count). The van der Waals surface area contributed by atoms with Gasteiger partial charge >= 0.3 is 5.97 Å². The summed E-state index contributed by atoms with van der Waals surface area (Å²) < 4.78 is 5.48. The molecule has 0 saturated heterocycles. The molecule has 0 aliphatic heterocycles. The van der Waals surface area contributed by atoms with Gasteiger partial charge in [-0.25, -0.2) is 0 Å². The lowest BCUT2D eigenvalue weighted by atomic mass is 10.0. The number of allylic oxidation sites excluding steroid dienone is 2. The van der Waals surface area contributed by atoms with Crippen LogP contribution in [0.1, 0.15) is 438 Å². The highest BCUT2D eigenvalue weighted by molar-refractivity contribution is 5.76. The Morgan fingerprint density at radius 1 is 0.329 bits per heavy atom. The van der Waals surface area contributed by atoms with Gasteiger partial charge < -0.3 is 20.3 Å². The van der Waals surface area contributed by atoms with Crippen molar-refractivity contribution in [3.05, 3.63) is 12.2 Å². The molecule has 0 bridgehead atoms. The third kappa shape index (κ3) is 67.7. The molecule has 82 heavy (non-hydrogen) atoms. The fraction of sp³-hybridized carbons (Fsp3) is 0.947. The van der Waals surface area contributed by atoms with E-state index in [0.717, 1.165) is 38.5 Å². The van der Waals surface area contributed by atoms with Gasteiger partial charge in [0.15, 0.2) is 0 Å². The van der Waals surface area contributed by atoms with E-state index in [1.165, 1.54) is 366 Å². The fourth-order valence-corrected chi connectivity index (χ4v) is 12.3. The molecule has 0 heterocycles. The van der Waals surface area contributed by atoms with Crippen molar-refractivity contribution in [1.82, 2.24) is 5.32 Å². The number of unbranched alkanes of at least 4 members (excludes halogenated alkanes) is 59. The Kier molecular flexibility index (Phi) is 70.8. The average Bonchev–Trinajstić information content (AvgIpc) is 3.48. The minimum absolute atomic E-state index is 0.0195. The molecule has 3 N–H and O–H groups in total. The molecule has 0 saturated carbocycles. The summed E-state index contributed by atoms with van der Waals surface area (Å²) in [4.78, 5) is 24.6. The highest BCUT2D eigenvalue weighted by Crippen LogP contribution is 2.20. The molecule has 0 fully saturated rings. The molecule has 6 nitrogen and oxygen atoms in total. The Balaban J connectivity index is 3.36. The van der Waals surface area contributed by atoms with Gasteiger partial charge in [0.1, 0.15) is 0 Å². The number of aliphatic hydroxyl groups is 2. The van der Waals surface area contributed by atoms with E-state index in [4.69, 9.17) is 4.74 Å². The molecule has 0 spiro atoms. The fourth-order valence-electron chi connectivity index (χ4n) is 12.3. The van der Waals surface area contributed by atoms with E-state index in [1.807, 2.05) is 0 Å². The third-order valence-electron chi connectivity index (χ3n) is 18.1. The van der Waals surface area contributed by atoms with Crippen molar-refractivity contribution in [1.29, 1.82) is 0 Å². The smallest absolute Gasteiger partial charge is 0.305 e. The summed E-state index contributed by atoms with van der Waals surface area (Å²) in [5.41, 5.74) is 0. The van der Waals surface area contributed by atoms with E-state index in [0.29, 0.717) is 25.9 Å². The first-order valence-corrected chi connectivity index (χ1v) is 37.9. The Bertz CT molecular complexity index is 1240. The first-order chi connectivity index (χ1) is 40.5. The highest BCUT2D eigenvalue weighted by Gasteiger charge is 2.20. The number of carbonyl (C=O) groups excluding carboxylic acids is 2. The van der Waals surface area contributed by atoms with Crippen LogP contribution >= 0.6 is 0 Å². The van der Waals surface area contributed by atoms with Crippen LogP contribution < -0.4 is 5.32 Å². The number of ether oxygens (including phenoxy) is 1. The molecular weight excluding hydrogens is 1010 g/mol. The summed E-state index contributed by atoms with van der Waals surface area (Å²) in [7, 11) is 0. The lowest BCUT2D eigenvalue weighted by Gasteiger charge is -2.22. The van der Waals surface area contributed by atoms with E-state index in [9.17, 15) is 19.8 Å². The summed E-state index contributed by atoms with van der Waals surface area (Å²) in [5.74, 6) is -0.00780. The molecule has 0 aliphatic carbocycles. The zero-order chi connectivity index (χ0) is 59.2. The molecule has 6 heteroatoms. The van der Waals surface area contributed by atoms with Gasteiger partial charge in [-0.2, -0.15) is 0 Å². The van der Waals surface area contributed by atoms with Crippen molar-refractivity contribution >= 4 is 11.9 Å². The van der Waals surface area contributed by atoms with E-state index in [1.54, 1.807) is 0 Å². The molecule has 0 aromatic rings. The van der Waals surface area contributed by atoms with Crippen LogP contribution in [-0.4, -0.2) is 47.4 Å². The minimum Gasteiger partial charge on any atom is -0.466 e. The largest absolute Gasteiger partial charge is 0.466 e. The number of amides is 1. The molecule has 0 radical (unpaired) electrons. The van der Waals surface area contributed by atoms with E-state index in [2.05, 4.69) is 31.3 Å². The monoisotopic (exact) mass is 1160 g/mol. The van der Waals surface area contributed by atoms with Crippen LogP contribution in [-0.2, 0) is 14.3 Å². The average molecular weight is 1160 g/mol. The second-order valence-electron chi connectivity index (χ2n) is 26.3. The quantitative estimate of drug-likeness (QED) is 0.0320. The van der Waals surface area contributed by atoms with Gasteiger partial charge in [-0.3, -0.25) is 9.59 Å². The van der Waals surface area contributed by atoms with Gasteiger partial charge in [0.05, 0.1) is 25.4 Å². The number of rotatable bonds is 72. The maximum Gasteiger partial charge on any atom is 0.305 e. The molecule has 0 aromatic heterocycles. The normalized spacial score (nSPS) is 12.5. The lowest BCUT2D eigenvalue weighted by Crippen LogP contribution is -2.45.